The third-order valence-corrected chi connectivity index (χ3v) is 3.82. The molecule has 0 aliphatic heterocycles. The lowest BCUT2D eigenvalue weighted by Crippen LogP contribution is -2.22. The Kier molecular flexibility index (Phi) is 4.11. The van der Waals surface area contributed by atoms with E-state index in [1.54, 1.807) is 6.07 Å². The van der Waals surface area contributed by atoms with E-state index < -0.39 is 11.9 Å². The number of thiophene rings is 1. The van der Waals surface area contributed by atoms with Crippen molar-refractivity contribution in [3.8, 4) is 0 Å². The quantitative estimate of drug-likeness (QED) is 0.935. The molecule has 0 saturated heterocycles. The monoisotopic (exact) mass is 283 g/mol. The fraction of sp³-hybridized carbons (Fsp3) is 0.154. The van der Waals surface area contributed by atoms with Gasteiger partial charge >= 0.3 is 0 Å². The van der Waals surface area contributed by atoms with Gasteiger partial charge in [-0.1, -0.05) is 23.7 Å². The number of nitrogens with two attached hydrogens (primary N) is 1. The number of ketones is 1. The molecule has 1 unspecified atom stereocenters. The molecule has 2 aromatic rings. The maximum atomic E-state index is 13.2. The average molecular weight is 284 g/mol. The first-order valence-electron chi connectivity index (χ1n) is 5.33. The maximum Gasteiger partial charge on any atom is 0.159 e. The van der Waals surface area contributed by atoms with Gasteiger partial charge in [-0.2, -0.15) is 0 Å². The summed E-state index contributed by atoms with van der Waals surface area (Å²) in [5.41, 5.74) is 6.42. The van der Waals surface area contributed by atoms with Gasteiger partial charge in [-0.15, -0.1) is 11.3 Å². The number of hydrogen-bond donors (Lipinski definition) is 1. The molecule has 0 bridgehead atoms. The minimum absolute atomic E-state index is 0.0498. The largest absolute Gasteiger partial charge is 0.317 e. The smallest absolute Gasteiger partial charge is 0.159 e. The highest BCUT2D eigenvalue weighted by Crippen LogP contribution is 2.21. The topological polar surface area (TPSA) is 43.1 Å². The molecule has 0 spiro atoms. The molecule has 2 N–H and O–H groups in total. The van der Waals surface area contributed by atoms with Crippen LogP contribution in [0, 0.1) is 5.82 Å². The van der Waals surface area contributed by atoms with Crippen molar-refractivity contribution in [2.45, 2.75) is 12.5 Å². The SMILES string of the molecule is NC(C(=O)Cc1ccc(Cl)c(F)c1)c1cccs1. The molecule has 1 atom stereocenters. The van der Waals surface area contributed by atoms with E-state index in [9.17, 15) is 9.18 Å². The highest BCUT2D eigenvalue weighted by molar-refractivity contribution is 7.10. The number of carbonyl (C=O) groups excluding carboxylic acids is 1. The van der Waals surface area contributed by atoms with Crippen LogP contribution >= 0.6 is 22.9 Å². The minimum atomic E-state index is -0.649. The zero-order valence-electron chi connectivity index (χ0n) is 9.40. The standard InChI is InChI=1S/C13H11ClFNOS/c14-9-4-3-8(6-10(9)15)7-11(17)13(16)12-2-1-5-18-12/h1-6,13H,7,16H2. The molecule has 1 aromatic carbocycles. The van der Waals surface area contributed by atoms with Crippen LogP contribution in [0.5, 0.6) is 0 Å². The summed E-state index contributed by atoms with van der Waals surface area (Å²) in [6, 6.07) is 7.34. The summed E-state index contributed by atoms with van der Waals surface area (Å²) in [7, 11) is 0. The summed E-state index contributed by atoms with van der Waals surface area (Å²) in [6.45, 7) is 0. The Morgan fingerprint density at radius 1 is 1.44 bits per heavy atom. The van der Waals surface area contributed by atoms with Gasteiger partial charge in [0.05, 0.1) is 11.1 Å². The van der Waals surface area contributed by atoms with Crippen LogP contribution in [0.1, 0.15) is 16.5 Å². The lowest BCUT2D eigenvalue weighted by atomic mass is 10.0. The van der Waals surface area contributed by atoms with Crippen molar-refractivity contribution in [1.29, 1.82) is 0 Å². The molecule has 0 radical (unpaired) electrons. The Bertz CT molecular complexity index is 556. The van der Waals surface area contributed by atoms with Gasteiger partial charge in [0.2, 0.25) is 0 Å². The van der Waals surface area contributed by atoms with E-state index in [0.717, 1.165) is 4.88 Å². The molecule has 0 aliphatic carbocycles. The molecule has 2 nitrogen and oxygen atoms in total. The predicted molar refractivity (Wildman–Crippen MR) is 71.4 cm³/mol. The molecule has 94 valence electrons. The van der Waals surface area contributed by atoms with Crippen molar-refractivity contribution in [3.63, 3.8) is 0 Å². The Hall–Kier alpha value is -1.23. The van der Waals surface area contributed by atoms with Crippen molar-refractivity contribution in [2.75, 3.05) is 0 Å². The Labute approximate surface area is 113 Å². The fourth-order valence-electron chi connectivity index (χ4n) is 1.59. The summed E-state index contributed by atoms with van der Waals surface area (Å²) in [6.07, 6.45) is 0.104. The van der Waals surface area contributed by atoms with Gasteiger partial charge in [-0.05, 0) is 29.1 Å². The molecular weight excluding hydrogens is 273 g/mol. The molecule has 2 rings (SSSR count). The second-order valence-electron chi connectivity index (χ2n) is 3.88. The number of rotatable bonds is 4. The summed E-state index contributed by atoms with van der Waals surface area (Å²) >= 11 is 7.01. The first-order chi connectivity index (χ1) is 8.58. The molecule has 0 saturated carbocycles. The molecule has 5 heteroatoms. The van der Waals surface area contributed by atoms with Crippen LogP contribution in [0.4, 0.5) is 4.39 Å². The Balaban J connectivity index is 2.09. The number of halogens is 2. The van der Waals surface area contributed by atoms with Crippen LogP contribution in [0.3, 0.4) is 0 Å². The predicted octanol–water partition coefficient (Wildman–Crippen LogP) is 3.35. The van der Waals surface area contributed by atoms with Gasteiger partial charge in [0.25, 0.3) is 0 Å². The van der Waals surface area contributed by atoms with Gasteiger partial charge in [-0.25, -0.2) is 4.39 Å². The summed E-state index contributed by atoms with van der Waals surface area (Å²) in [5, 5.41) is 1.92. The van der Waals surface area contributed by atoms with Crippen molar-refractivity contribution in [1.82, 2.24) is 0 Å². The van der Waals surface area contributed by atoms with Crippen LogP contribution in [0.2, 0.25) is 5.02 Å². The third kappa shape index (κ3) is 2.96. The van der Waals surface area contributed by atoms with Crippen LogP contribution in [0.15, 0.2) is 35.7 Å². The number of hydrogen-bond acceptors (Lipinski definition) is 3. The average Bonchev–Trinajstić information content (AvgIpc) is 2.86. The third-order valence-electron chi connectivity index (χ3n) is 2.56. The molecule has 1 heterocycles. The first kappa shape index (κ1) is 13.2. The molecule has 1 aromatic heterocycles. The van der Waals surface area contributed by atoms with Crippen LogP contribution < -0.4 is 5.73 Å². The molecule has 0 aliphatic rings. The van der Waals surface area contributed by atoms with Crippen molar-refractivity contribution < 1.29 is 9.18 Å². The normalized spacial score (nSPS) is 12.4. The second-order valence-corrected chi connectivity index (χ2v) is 5.27. The molecule has 0 fully saturated rings. The van der Waals surface area contributed by atoms with Crippen LogP contribution in [-0.2, 0) is 11.2 Å². The number of benzene rings is 1. The van der Waals surface area contributed by atoms with E-state index >= 15 is 0 Å². The molecule has 18 heavy (non-hydrogen) atoms. The van der Waals surface area contributed by atoms with E-state index in [1.807, 2.05) is 17.5 Å². The van der Waals surface area contributed by atoms with Gasteiger partial charge in [0, 0.05) is 11.3 Å². The highest BCUT2D eigenvalue weighted by Gasteiger charge is 2.17. The zero-order chi connectivity index (χ0) is 13.1. The van der Waals surface area contributed by atoms with Crippen molar-refractivity contribution in [3.05, 3.63) is 57.0 Å². The van der Waals surface area contributed by atoms with E-state index in [2.05, 4.69) is 0 Å². The fourth-order valence-corrected chi connectivity index (χ4v) is 2.45. The van der Waals surface area contributed by atoms with Gasteiger partial charge in [0.1, 0.15) is 5.82 Å². The zero-order valence-corrected chi connectivity index (χ0v) is 11.0. The second kappa shape index (κ2) is 5.61. The highest BCUT2D eigenvalue weighted by atomic mass is 35.5. The van der Waals surface area contributed by atoms with Crippen molar-refractivity contribution >= 4 is 28.7 Å². The number of carbonyl (C=O) groups is 1. The lowest BCUT2D eigenvalue weighted by Gasteiger charge is -2.08. The minimum Gasteiger partial charge on any atom is -0.317 e. The summed E-state index contributed by atoms with van der Waals surface area (Å²) in [4.78, 5) is 12.7. The summed E-state index contributed by atoms with van der Waals surface area (Å²) in [5.74, 6) is -0.661. The Morgan fingerprint density at radius 2 is 2.22 bits per heavy atom. The van der Waals surface area contributed by atoms with E-state index in [-0.39, 0.29) is 17.2 Å². The van der Waals surface area contributed by atoms with E-state index in [1.165, 1.54) is 23.5 Å². The van der Waals surface area contributed by atoms with Crippen LogP contribution in [-0.4, -0.2) is 5.78 Å². The van der Waals surface area contributed by atoms with Gasteiger partial charge in [-0.3, -0.25) is 4.79 Å². The van der Waals surface area contributed by atoms with E-state index in [0.29, 0.717) is 5.56 Å². The maximum absolute atomic E-state index is 13.2. The lowest BCUT2D eigenvalue weighted by molar-refractivity contribution is -0.119. The van der Waals surface area contributed by atoms with Gasteiger partial charge in [0.15, 0.2) is 5.78 Å². The summed E-state index contributed by atoms with van der Waals surface area (Å²) < 4.78 is 13.2. The van der Waals surface area contributed by atoms with Crippen molar-refractivity contribution in [2.24, 2.45) is 5.73 Å². The molecular formula is C13H11ClFNOS. The van der Waals surface area contributed by atoms with E-state index in [4.69, 9.17) is 17.3 Å². The van der Waals surface area contributed by atoms with Crippen LogP contribution in [0.25, 0.3) is 0 Å². The Morgan fingerprint density at radius 3 is 2.83 bits per heavy atom. The van der Waals surface area contributed by atoms with Gasteiger partial charge < -0.3 is 5.73 Å². The first-order valence-corrected chi connectivity index (χ1v) is 6.59. The number of Topliss-reactive ketones (excluding diaryl/α,β-unsaturated/α-hetero) is 1. The molecule has 0 amide bonds.